The first-order valence-corrected chi connectivity index (χ1v) is 4.54. The number of rotatable bonds is 4. The van der Waals surface area contributed by atoms with Crippen LogP contribution in [0.2, 0.25) is 0 Å². The van der Waals surface area contributed by atoms with E-state index in [-0.39, 0.29) is 0 Å². The van der Waals surface area contributed by atoms with Crippen LogP contribution in [0.5, 0.6) is 0 Å². The van der Waals surface area contributed by atoms with Crippen molar-refractivity contribution in [3.63, 3.8) is 0 Å². The molecule has 0 radical (unpaired) electrons. The maximum atomic E-state index is 9.93. The SMILES string of the molecule is CNCCC(C)(O)C1CCC1. The van der Waals surface area contributed by atoms with Crippen LogP contribution in [-0.2, 0) is 0 Å². The Bertz CT molecular complexity index is 119. The molecule has 2 N–H and O–H groups in total. The van der Waals surface area contributed by atoms with E-state index in [9.17, 15) is 5.11 Å². The van der Waals surface area contributed by atoms with Gasteiger partial charge in [0.25, 0.3) is 0 Å². The summed E-state index contributed by atoms with van der Waals surface area (Å²) < 4.78 is 0. The fourth-order valence-electron chi connectivity index (χ4n) is 1.61. The topological polar surface area (TPSA) is 32.3 Å². The standard InChI is InChI=1S/C9H19NO/c1-9(11,6-7-10-2)8-4-3-5-8/h8,10-11H,3-7H2,1-2H3. The zero-order valence-electron chi connectivity index (χ0n) is 7.56. The zero-order valence-corrected chi connectivity index (χ0v) is 7.56. The average Bonchev–Trinajstić information content (AvgIpc) is 1.78. The van der Waals surface area contributed by atoms with Crippen LogP contribution < -0.4 is 5.32 Å². The second kappa shape index (κ2) is 3.55. The van der Waals surface area contributed by atoms with Crippen LogP contribution in [0.3, 0.4) is 0 Å². The van der Waals surface area contributed by atoms with Gasteiger partial charge in [0.2, 0.25) is 0 Å². The quantitative estimate of drug-likeness (QED) is 0.641. The van der Waals surface area contributed by atoms with Crippen molar-refractivity contribution in [2.75, 3.05) is 13.6 Å². The van der Waals surface area contributed by atoms with Gasteiger partial charge in [0.05, 0.1) is 5.60 Å². The van der Waals surface area contributed by atoms with Gasteiger partial charge in [-0.15, -0.1) is 0 Å². The summed E-state index contributed by atoms with van der Waals surface area (Å²) in [4.78, 5) is 0. The number of aliphatic hydroxyl groups is 1. The first-order valence-electron chi connectivity index (χ1n) is 4.54. The summed E-state index contributed by atoms with van der Waals surface area (Å²) in [6, 6.07) is 0. The van der Waals surface area contributed by atoms with Crippen molar-refractivity contribution in [2.45, 2.75) is 38.2 Å². The molecule has 1 fully saturated rings. The van der Waals surface area contributed by atoms with Crippen molar-refractivity contribution in [1.29, 1.82) is 0 Å². The van der Waals surface area contributed by atoms with Crippen molar-refractivity contribution < 1.29 is 5.11 Å². The Morgan fingerprint density at radius 1 is 1.55 bits per heavy atom. The van der Waals surface area contributed by atoms with Gasteiger partial charge in [0.1, 0.15) is 0 Å². The fourth-order valence-corrected chi connectivity index (χ4v) is 1.61. The molecule has 0 aromatic carbocycles. The van der Waals surface area contributed by atoms with E-state index in [1.54, 1.807) is 0 Å². The van der Waals surface area contributed by atoms with Gasteiger partial charge in [-0.2, -0.15) is 0 Å². The maximum Gasteiger partial charge on any atom is 0.0659 e. The molecule has 1 saturated carbocycles. The summed E-state index contributed by atoms with van der Waals surface area (Å²) >= 11 is 0. The third-order valence-corrected chi connectivity index (χ3v) is 2.87. The van der Waals surface area contributed by atoms with Gasteiger partial charge in [-0.1, -0.05) is 6.42 Å². The van der Waals surface area contributed by atoms with Gasteiger partial charge in [0.15, 0.2) is 0 Å². The smallest absolute Gasteiger partial charge is 0.0659 e. The molecule has 0 saturated heterocycles. The molecular weight excluding hydrogens is 138 g/mol. The highest BCUT2D eigenvalue weighted by atomic mass is 16.3. The van der Waals surface area contributed by atoms with E-state index in [2.05, 4.69) is 5.32 Å². The highest BCUT2D eigenvalue weighted by Crippen LogP contribution is 2.37. The average molecular weight is 157 g/mol. The van der Waals surface area contributed by atoms with Gasteiger partial charge in [-0.05, 0) is 45.7 Å². The second-order valence-corrected chi connectivity index (χ2v) is 3.84. The highest BCUT2D eigenvalue weighted by Gasteiger charge is 2.35. The lowest BCUT2D eigenvalue weighted by atomic mass is 9.72. The summed E-state index contributed by atoms with van der Waals surface area (Å²) in [6.45, 7) is 2.89. The van der Waals surface area contributed by atoms with E-state index in [4.69, 9.17) is 0 Å². The molecule has 1 rings (SSSR count). The van der Waals surface area contributed by atoms with Crippen molar-refractivity contribution in [3.8, 4) is 0 Å². The minimum atomic E-state index is -0.415. The van der Waals surface area contributed by atoms with Crippen molar-refractivity contribution in [3.05, 3.63) is 0 Å². The minimum absolute atomic E-state index is 0.415. The normalized spacial score (nSPS) is 24.3. The lowest BCUT2D eigenvalue weighted by Crippen LogP contribution is -2.40. The lowest BCUT2D eigenvalue weighted by Gasteiger charge is -2.39. The summed E-state index contributed by atoms with van der Waals surface area (Å²) in [5.74, 6) is 0.566. The third kappa shape index (κ3) is 2.17. The third-order valence-electron chi connectivity index (χ3n) is 2.87. The van der Waals surface area contributed by atoms with Crippen LogP contribution in [-0.4, -0.2) is 24.3 Å². The molecule has 0 heterocycles. The number of hydrogen-bond acceptors (Lipinski definition) is 2. The van der Waals surface area contributed by atoms with Gasteiger partial charge in [0, 0.05) is 0 Å². The van der Waals surface area contributed by atoms with E-state index in [1.165, 1.54) is 19.3 Å². The van der Waals surface area contributed by atoms with Crippen molar-refractivity contribution >= 4 is 0 Å². The minimum Gasteiger partial charge on any atom is -0.390 e. The van der Waals surface area contributed by atoms with Crippen molar-refractivity contribution in [2.24, 2.45) is 5.92 Å². The van der Waals surface area contributed by atoms with Gasteiger partial charge in [-0.25, -0.2) is 0 Å². The Labute approximate surface area is 69.0 Å². The lowest BCUT2D eigenvalue weighted by molar-refractivity contribution is -0.0401. The fraction of sp³-hybridized carbons (Fsp3) is 1.00. The van der Waals surface area contributed by atoms with E-state index in [1.807, 2.05) is 14.0 Å². The largest absolute Gasteiger partial charge is 0.390 e. The Morgan fingerprint density at radius 3 is 2.55 bits per heavy atom. The molecular formula is C9H19NO. The summed E-state index contributed by atoms with van der Waals surface area (Å²) in [7, 11) is 1.93. The molecule has 2 heteroatoms. The highest BCUT2D eigenvalue weighted by molar-refractivity contribution is 4.87. The van der Waals surface area contributed by atoms with Crippen LogP contribution in [0.15, 0.2) is 0 Å². The Balaban J connectivity index is 2.25. The molecule has 0 aliphatic heterocycles. The molecule has 66 valence electrons. The van der Waals surface area contributed by atoms with Crippen LogP contribution in [0.4, 0.5) is 0 Å². The van der Waals surface area contributed by atoms with Crippen LogP contribution in [0, 0.1) is 5.92 Å². The predicted molar refractivity (Wildman–Crippen MR) is 46.5 cm³/mol. The van der Waals surface area contributed by atoms with E-state index >= 15 is 0 Å². The summed E-state index contributed by atoms with van der Waals surface area (Å²) in [6.07, 6.45) is 4.63. The number of hydrogen-bond donors (Lipinski definition) is 2. The Hall–Kier alpha value is -0.0800. The van der Waals surface area contributed by atoms with Crippen LogP contribution >= 0.6 is 0 Å². The molecule has 1 unspecified atom stereocenters. The molecule has 0 spiro atoms. The second-order valence-electron chi connectivity index (χ2n) is 3.84. The first-order chi connectivity index (χ1) is 5.17. The van der Waals surface area contributed by atoms with E-state index < -0.39 is 5.60 Å². The molecule has 0 bridgehead atoms. The van der Waals surface area contributed by atoms with E-state index in [0.29, 0.717) is 5.92 Å². The number of nitrogens with one attached hydrogen (secondary N) is 1. The Kier molecular flexibility index (Phi) is 2.90. The monoisotopic (exact) mass is 157 g/mol. The van der Waals surface area contributed by atoms with Crippen LogP contribution in [0.25, 0.3) is 0 Å². The van der Waals surface area contributed by atoms with E-state index in [0.717, 1.165) is 13.0 Å². The molecule has 1 aliphatic carbocycles. The van der Waals surface area contributed by atoms with Crippen molar-refractivity contribution in [1.82, 2.24) is 5.32 Å². The Morgan fingerprint density at radius 2 is 2.18 bits per heavy atom. The maximum absolute atomic E-state index is 9.93. The molecule has 0 aromatic heterocycles. The van der Waals surface area contributed by atoms with Gasteiger partial charge >= 0.3 is 0 Å². The van der Waals surface area contributed by atoms with Gasteiger partial charge < -0.3 is 10.4 Å². The molecule has 0 amide bonds. The molecule has 2 nitrogen and oxygen atoms in total. The molecule has 1 aliphatic rings. The predicted octanol–water partition coefficient (Wildman–Crippen LogP) is 1.15. The molecule has 11 heavy (non-hydrogen) atoms. The summed E-state index contributed by atoms with van der Waals surface area (Å²) in [5.41, 5.74) is -0.415. The molecule has 1 atom stereocenters. The first kappa shape index (κ1) is 9.01. The van der Waals surface area contributed by atoms with Crippen LogP contribution in [0.1, 0.15) is 32.6 Å². The zero-order chi connectivity index (χ0) is 8.32. The molecule has 0 aromatic rings. The summed E-state index contributed by atoms with van der Waals surface area (Å²) in [5, 5.41) is 13.0. The van der Waals surface area contributed by atoms with Gasteiger partial charge in [-0.3, -0.25) is 0 Å².